The van der Waals surface area contributed by atoms with Crippen molar-refractivity contribution in [2.24, 2.45) is 5.92 Å². The van der Waals surface area contributed by atoms with Gasteiger partial charge in [0.15, 0.2) is 5.75 Å². The van der Waals surface area contributed by atoms with E-state index in [1.54, 1.807) is 0 Å². The number of rotatable bonds is 4. The number of nitrogens with zero attached hydrogens (tertiary/aromatic N) is 2. The Hall–Kier alpha value is -1.15. The molecule has 1 saturated carbocycles. The second-order valence-electron chi connectivity index (χ2n) is 6.40. The maximum Gasteiger partial charge on any atom is 0.313 e. The van der Waals surface area contributed by atoms with Gasteiger partial charge in [0.25, 0.3) is 0 Å². The number of nitro groups is 1. The van der Waals surface area contributed by atoms with Crippen LogP contribution >= 0.6 is 24.8 Å². The van der Waals surface area contributed by atoms with Crippen LogP contribution in [0.5, 0.6) is 5.75 Å². The predicted octanol–water partition coefficient (Wildman–Crippen LogP) is 3.42. The van der Waals surface area contributed by atoms with Crippen LogP contribution in [0.2, 0.25) is 0 Å². The van der Waals surface area contributed by atoms with Crippen LogP contribution in [0, 0.1) is 21.8 Å². The van der Waals surface area contributed by atoms with Crippen molar-refractivity contribution in [2.75, 3.05) is 26.2 Å². The maximum atomic E-state index is 13.9. The molecule has 1 saturated heterocycles. The molecule has 25 heavy (non-hydrogen) atoms. The predicted molar refractivity (Wildman–Crippen MR) is 98.4 cm³/mol. The van der Waals surface area contributed by atoms with Gasteiger partial charge in [0.05, 0.1) is 11.0 Å². The summed E-state index contributed by atoms with van der Waals surface area (Å²) in [5.74, 6) is -0.741. The topological polar surface area (TPSA) is 78.6 Å². The van der Waals surface area contributed by atoms with Crippen molar-refractivity contribution >= 4 is 30.5 Å². The molecule has 3 rings (SSSR count). The number of halogens is 3. The van der Waals surface area contributed by atoms with E-state index in [-0.39, 0.29) is 36.6 Å². The summed E-state index contributed by atoms with van der Waals surface area (Å²) in [4.78, 5) is 12.6. The molecule has 0 aromatic heterocycles. The second-order valence-corrected chi connectivity index (χ2v) is 6.40. The number of aromatic hydroxyl groups is 1. The Morgan fingerprint density at radius 3 is 2.40 bits per heavy atom. The molecule has 2 aliphatic rings. The lowest BCUT2D eigenvalue weighted by molar-refractivity contribution is -0.386. The zero-order valence-electron chi connectivity index (χ0n) is 13.8. The third-order valence-corrected chi connectivity index (χ3v) is 4.99. The fourth-order valence-corrected chi connectivity index (χ4v) is 3.95. The van der Waals surface area contributed by atoms with E-state index in [1.807, 2.05) is 0 Å². The van der Waals surface area contributed by atoms with Crippen LogP contribution in [0.4, 0.5) is 10.1 Å². The van der Waals surface area contributed by atoms with Crippen molar-refractivity contribution in [2.45, 2.75) is 31.7 Å². The Morgan fingerprint density at radius 2 is 1.84 bits per heavy atom. The molecular weight excluding hydrogens is 372 g/mol. The van der Waals surface area contributed by atoms with Crippen LogP contribution in [0.3, 0.4) is 0 Å². The first-order valence-corrected chi connectivity index (χ1v) is 8.19. The number of nitro benzene ring substituents is 1. The molecule has 2 N–H and O–H groups in total. The molecule has 0 spiro atoms. The van der Waals surface area contributed by atoms with Crippen molar-refractivity contribution in [3.8, 4) is 5.75 Å². The minimum atomic E-state index is -0.717. The summed E-state index contributed by atoms with van der Waals surface area (Å²) < 4.78 is 13.9. The maximum absolute atomic E-state index is 13.9. The third-order valence-electron chi connectivity index (χ3n) is 4.99. The van der Waals surface area contributed by atoms with Crippen LogP contribution < -0.4 is 5.32 Å². The fraction of sp³-hybridized carbons (Fsp3) is 0.625. The fourth-order valence-electron chi connectivity index (χ4n) is 3.95. The molecule has 1 heterocycles. The highest BCUT2D eigenvalue weighted by Gasteiger charge is 2.35. The lowest BCUT2D eigenvalue weighted by Crippen LogP contribution is -2.46. The summed E-state index contributed by atoms with van der Waals surface area (Å²) in [5, 5.41) is 24.8. The van der Waals surface area contributed by atoms with E-state index in [0.717, 1.165) is 57.9 Å². The lowest BCUT2D eigenvalue weighted by Gasteiger charge is -2.38. The molecule has 0 bridgehead atoms. The Bertz CT molecular complexity index is 594. The van der Waals surface area contributed by atoms with Crippen LogP contribution in [-0.4, -0.2) is 41.1 Å². The third kappa shape index (κ3) is 4.73. The van der Waals surface area contributed by atoms with Gasteiger partial charge in [0.2, 0.25) is 0 Å². The van der Waals surface area contributed by atoms with E-state index >= 15 is 0 Å². The minimum Gasteiger partial charge on any atom is -0.502 e. The second kappa shape index (κ2) is 9.52. The number of hydrogen-bond acceptors (Lipinski definition) is 5. The monoisotopic (exact) mass is 395 g/mol. The van der Waals surface area contributed by atoms with Gasteiger partial charge in [0, 0.05) is 37.8 Å². The van der Waals surface area contributed by atoms with E-state index in [2.05, 4.69) is 10.2 Å². The SMILES string of the molecule is Cl.Cl.O=[N+]([O-])c1cc(F)cc([C@H](C2CCCC2)N2CCNCC2)c1O. The van der Waals surface area contributed by atoms with Crippen molar-refractivity contribution < 1.29 is 14.4 Å². The molecule has 9 heteroatoms. The number of piperazine rings is 1. The van der Waals surface area contributed by atoms with E-state index in [0.29, 0.717) is 11.5 Å². The standard InChI is InChI=1S/C16H22FN3O3.2ClH/c17-12-9-13(16(21)14(10-12)20(22)23)15(11-3-1-2-4-11)19-7-5-18-6-8-19;;/h9-11,15,18,21H,1-8H2;2*1H/t15-;;/m0../s1. The van der Waals surface area contributed by atoms with Gasteiger partial charge >= 0.3 is 5.69 Å². The van der Waals surface area contributed by atoms with Gasteiger partial charge in [-0.2, -0.15) is 0 Å². The zero-order valence-corrected chi connectivity index (χ0v) is 15.5. The minimum absolute atomic E-state index is 0. The van der Waals surface area contributed by atoms with Gasteiger partial charge in [-0.15, -0.1) is 24.8 Å². The summed E-state index contributed by atoms with van der Waals surface area (Å²) >= 11 is 0. The van der Waals surface area contributed by atoms with E-state index in [9.17, 15) is 19.6 Å². The van der Waals surface area contributed by atoms with Crippen LogP contribution in [0.1, 0.15) is 37.3 Å². The van der Waals surface area contributed by atoms with Crippen LogP contribution in [0.15, 0.2) is 12.1 Å². The van der Waals surface area contributed by atoms with Gasteiger partial charge in [-0.3, -0.25) is 15.0 Å². The van der Waals surface area contributed by atoms with Gasteiger partial charge in [0.1, 0.15) is 5.82 Å². The number of benzene rings is 1. The molecule has 6 nitrogen and oxygen atoms in total. The molecule has 2 fully saturated rings. The molecule has 1 atom stereocenters. The quantitative estimate of drug-likeness (QED) is 0.602. The number of phenols is 1. The summed E-state index contributed by atoms with van der Waals surface area (Å²) in [6.07, 6.45) is 4.26. The Morgan fingerprint density at radius 1 is 1.24 bits per heavy atom. The first kappa shape index (κ1) is 21.9. The highest BCUT2D eigenvalue weighted by molar-refractivity contribution is 5.85. The van der Waals surface area contributed by atoms with E-state index in [4.69, 9.17) is 0 Å². The average Bonchev–Trinajstić information content (AvgIpc) is 3.05. The molecule has 0 radical (unpaired) electrons. The van der Waals surface area contributed by atoms with Gasteiger partial charge < -0.3 is 10.4 Å². The molecule has 0 unspecified atom stereocenters. The summed E-state index contributed by atoms with van der Waals surface area (Å²) in [5.41, 5.74) is -0.177. The number of nitrogens with one attached hydrogen (secondary N) is 1. The largest absolute Gasteiger partial charge is 0.502 e. The van der Waals surface area contributed by atoms with Crippen molar-refractivity contribution in [1.82, 2.24) is 10.2 Å². The molecule has 0 amide bonds. The number of phenolic OH excluding ortho intramolecular Hbond substituents is 1. The van der Waals surface area contributed by atoms with Crippen molar-refractivity contribution in [1.29, 1.82) is 0 Å². The lowest BCUT2D eigenvalue weighted by atomic mass is 9.88. The van der Waals surface area contributed by atoms with Gasteiger partial charge in [-0.05, 0) is 24.8 Å². The smallest absolute Gasteiger partial charge is 0.313 e. The molecule has 1 aromatic carbocycles. The van der Waals surface area contributed by atoms with Gasteiger partial charge in [-0.1, -0.05) is 12.8 Å². The highest BCUT2D eigenvalue weighted by Crippen LogP contribution is 2.45. The molecule has 1 aliphatic heterocycles. The van der Waals surface area contributed by atoms with Gasteiger partial charge in [-0.25, -0.2) is 4.39 Å². The van der Waals surface area contributed by atoms with Crippen molar-refractivity contribution in [3.63, 3.8) is 0 Å². The molecule has 1 aromatic rings. The molecular formula is C16H24Cl2FN3O3. The first-order chi connectivity index (χ1) is 11.1. The molecule has 142 valence electrons. The van der Waals surface area contributed by atoms with E-state index < -0.39 is 16.4 Å². The molecule has 1 aliphatic carbocycles. The Kier molecular flexibility index (Phi) is 8.34. The normalized spacial score (nSPS) is 19.7. The average molecular weight is 396 g/mol. The Balaban J connectivity index is 0.00000156. The van der Waals surface area contributed by atoms with Crippen molar-refractivity contribution in [3.05, 3.63) is 33.6 Å². The highest BCUT2D eigenvalue weighted by atomic mass is 35.5. The summed E-state index contributed by atoms with van der Waals surface area (Å²) in [7, 11) is 0. The summed E-state index contributed by atoms with van der Waals surface area (Å²) in [6.45, 7) is 3.26. The van der Waals surface area contributed by atoms with E-state index in [1.165, 1.54) is 6.07 Å². The zero-order chi connectivity index (χ0) is 16.4. The van der Waals surface area contributed by atoms with Crippen LogP contribution in [-0.2, 0) is 0 Å². The Labute approximate surface area is 158 Å². The summed E-state index contributed by atoms with van der Waals surface area (Å²) in [6, 6.07) is 1.91. The van der Waals surface area contributed by atoms with Crippen LogP contribution in [0.25, 0.3) is 0 Å². The first-order valence-electron chi connectivity index (χ1n) is 8.19. The number of hydrogen-bond donors (Lipinski definition) is 2.